The molecule has 1 aromatic carbocycles. The summed E-state index contributed by atoms with van der Waals surface area (Å²) in [6, 6.07) is 5.01. The molecule has 0 aromatic heterocycles. The predicted octanol–water partition coefficient (Wildman–Crippen LogP) is 1.33. The molecule has 5 heteroatoms. The molecular formula is C13H16N2O3. The predicted molar refractivity (Wildman–Crippen MR) is 67.8 cm³/mol. The van der Waals surface area contributed by atoms with Crippen molar-refractivity contribution in [2.24, 2.45) is 5.73 Å². The van der Waals surface area contributed by atoms with Gasteiger partial charge < -0.3 is 15.8 Å². The third-order valence-electron chi connectivity index (χ3n) is 2.83. The van der Waals surface area contributed by atoms with Crippen molar-refractivity contribution in [2.75, 3.05) is 11.9 Å². The van der Waals surface area contributed by atoms with Gasteiger partial charge in [0.15, 0.2) is 11.4 Å². The molecule has 0 atom stereocenters. The summed E-state index contributed by atoms with van der Waals surface area (Å²) in [4.78, 5) is 23.5. The zero-order valence-corrected chi connectivity index (χ0v) is 10.4. The number of rotatable bonds is 3. The number of fused-ring (bicyclic) bond motifs is 1. The standard InChI is InChI=1S/C13H16N2O3/c1-13(2)12(17)15-9-7-8(10(16)5-6-14)3-4-11(9)18-13/h3-4,7H,5-6,14H2,1-2H3,(H,15,17). The lowest BCUT2D eigenvalue weighted by atomic mass is 10.0. The Morgan fingerprint density at radius 3 is 2.83 bits per heavy atom. The van der Waals surface area contributed by atoms with Gasteiger partial charge in [0.1, 0.15) is 5.75 Å². The molecule has 0 fully saturated rings. The summed E-state index contributed by atoms with van der Waals surface area (Å²) >= 11 is 0. The van der Waals surface area contributed by atoms with E-state index in [4.69, 9.17) is 10.5 Å². The molecule has 5 nitrogen and oxygen atoms in total. The van der Waals surface area contributed by atoms with Crippen molar-refractivity contribution in [1.29, 1.82) is 0 Å². The summed E-state index contributed by atoms with van der Waals surface area (Å²) in [5.41, 5.74) is 5.51. The Balaban J connectivity index is 2.32. The summed E-state index contributed by atoms with van der Waals surface area (Å²) in [7, 11) is 0. The molecule has 18 heavy (non-hydrogen) atoms. The van der Waals surface area contributed by atoms with E-state index in [1.54, 1.807) is 32.0 Å². The van der Waals surface area contributed by atoms with Gasteiger partial charge in [0.25, 0.3) is 5.91 Å². The Labute approximate surface area is 105 Å². The second kappa shape index (κ2) is 4.42. The van der Waals surface area contributed by atoms with E-state index < -0.39 is 5.60 Å². The molecule has 1 aliphatic rings. The van der Waals surface area contributed by atoms with Crippen molar-refractivity contribution >= 4 is 17.4 Å². The SMILES string of the molecule is CC1(C)Oc2ccc(C(=O)CCN)cc2NC1=O. The van der Waals surface area contributed by atoms with Gasteiger partial charge in [0, 0.05) is 12.0 Å². The van der Waals surface area contributed by atoms with E-state index in [1.165, 1.54) is 0 Å². The minimum atomic E-state index is -0.893. The van der Waals surface area contributed by atoms with Crippen molar-refractivity contribution in [1.82, 2.24) is 0 Å². The van der Waals surface area contributed by atoms with Crippen molar-refractivity contribution < 1.29 is 14.3 Å². The Hall–Kier alpha value is -1.88. The molecule has 0 saturated heterocycles. The normalized spacial score (nSPS) is 16.5. The smallest absolute Gasteiger partial charge is 0.268 e. The first kappa shape index (κ1) is 12.6. The van der Waals surface area contributed by atoms with Crippen LogP contribution in [-0.2, 0) is 4.79 Å². The van der Waals surface area contributed by atoms with Crippen molar-refractivity contribution in [3.05, 3.63) is 23.8 Å². The number of nitrogens with one attached hydrogen (secondary N) is 1. The van der Waals surface area contributed by atoms with Gasteiger partial charge in [-0.2, -0.15) is 0 Å². The highest BCUT2D eigenvalue weighted by Gasteiger charge is 2.35. The number of benzene rings is 1. The number of anilines is 1. The highest BCUT2D eigenvalue weighted by Crippen LogP contribution is 2.34. The fourth-order valence-corrected chi connectivity index (χ4v) is 1.76. The number of hydrogen-bond acceptors (Lipinski definition) is 4. The first-order valence-electron chi connectivity index (χ1n) is 5.82. The molecule has 1 heterocycles. The van der Waals surface area contributed by atoms with Crippen LogP contribution in [0.5, 0.6) is 5.75 Å². The molecule has 0 saturated carbocycles. The van der Waals surface area contributed by atoms with E-state index in [0.29, 0.717) is 30.0 Å². The highest BCUT2D eigenvalue weighted by molar-refractivity contribution is 6.03. The molecule has 1 aromatic rings. The quantitative estimate of drug-likeness (QED) is 0.791. The zero-order chi connectivity index (χ0) is 13.3. The summed E-state index contributed by atoms with van der Waals surface area (Å²) in [5, 5.41) is 2.74. The minimum absolute atomic E-state index is 0.0422. The maximum absolute atomic E-state index is 11.7. The van der Waals surface area contributed by atoms with E-state index in [2.05, 4.69) is 5.32 Å². The van der Waals surface area contributed by atoms with Crippen LogP contribution in [0.25, 0.3) is 0 Å². The summed E-state index contributed by atoms with van der Waals surface area (Å²) in [6.07, 6.45) is 0.291. The first-order chi connectivity index (χ1) is 8.44. The molecule has 1 amide bonds. The molecule has 96 valence electrons. The molecule has 1 aliphatic heterocycles. The zero-order valence-electron chi connectivity index (χ0n) is 10.4. The number of Topliss-reactive ketones (excluding diaryl/α,β-unsaturated/α-hetero) is 1. The monoisotopic (exact) mass is 248 g/mol. The molecule has 2 rings (SSSR count). The number of amides is 1. The van der Waals surface area contributed by atoms with Gasteiger partial charge >= 0.3 is 0 Å². The van der Waals surface area contributed by atoms with Crippen LogP contribution >= 0.6 is 0 Å². The van der Waals surface area contributed by atoms with E-state index in [1.807, 2.05) is 0 Å². The Bertz CT molecular complexity index is 509. The van der Waals surface area contributed by atoms with Crippen molar-refractivity contribution in [3.63, 3.8) is 0 Å². The van der Waals surface area contributed by atoms with E-state index >= 15 is 0 Å². The number of carbonyl (C=O) groups is 2. The Morgan fingerprint density at radius 2 is 2.17 bits per heavy atom. The average Bonchev–Trinajstić information content (AvgIpc) is 2.30. The van der Waals surface area contributed by atoms with Gasteiger partial charge in [0.05, 0.1) is 5.69 Å². The number of carbonyl (C=O) groups excluding carboxylic acids is 2. The fraction of sp³-hybridized carbons (Fsp3) is 0.385. The van der Waals surface area contributed by atoms with Gasteiger partial charge in [-0.25, -0.2) is 0 Å². The first-order valence-corrected chi connectivity index (χ1v) is 5.82. The fourth-order valence-electron chi connectivity index (χ4n) is 1.76. The number of ketones is 1. The van der Waals surface area contributed by atoms with Gasteiger partial charge in [-0.05, 0) is 38.6 Å². The second-order valence-corrected chi connectivity index (χ2v) is 4.74. The molecule has 0 aliphatic carbocycles. The average molecular weight is 248 g/mol. The van der Waals surface area contributed by atoms with Crippen LogP contribution in [0.15, 0.2) is 18.2 Å². The molecule has 0 unspecified atom stereocenters. The number of hydrogen-bond donors (Lipinski definition) is 2. The van der Waals surface area contributed by atoms with Crippen LogP contribution in [0.4, 0.5) is 5.69 Å². The summed E-state index contributed by atoms with van der Waals surface area (Å²) in [5.74, 6) is 0.307. The van der Waals surface area contributed by atoms with Crippen molar-refractivity contribution in [2.45, 2.75) is 25.9 Å². The number of nitrogens with two attached hydrogens (primary N) is 1. The van der Waals surface area contributed by atoms with Gasteiger partial charge in [0.2, 0.25) is 0 Å². The van der Waals surface area contributed by atoms with Crippen LogP contribution in [0.1, 0.15) is 30.6 Å². The highest BCUT2D eigenvalue weighted by atomic mass is 16.5. The van der Waals surface area contributed by atoms with E-state index in [-0.39, 0.29) is 11.7 Å². The van der Waals surface area contributed by atoms with Gasteiger partial charge in [-0.15, -0.1) is 0 Å². The topological polar surface area (TPSA) is 81.4 Å². The lowest BCUT2D eigenvalue weighted by Gasteiger charge is -2.31. The third kappa shape index (κ3) is 2.22. The molecule has 0 bridgehead atoms. The Morgan fingerprint density at radius 1 is 1.44 bits per heavy atom. The lowest BCUT2D eigenvalue weighted by molar-refractivity contribution is -0.129. The molecule has 0 radical (unpaired) electrons. The maximum Gasteiger partial charge on any atom is 0.268 e. The van der Waals surface area contributed by atoms with E-state index in [9.17, 15) is 9.59 Å². The van der Waals surface area contributed by atoms with Crippen LogP contribution < -0.4 is 15.8 Å². The summed E-state index contributed by atoms with van der Waals surface area (Å²) in [6.45, 7) is 3.70. The maximum atomic E-state index is 11.7. The van der Waals surface area contributed by atoms with Gasteiger partial charge in [-0.3, -0.25) is 9.59 Å². The van der Waals surface area contributed by atoms with Crippen molar-refractivity contribution in [3.8, 4) is 5.75 Å². The lowest BCUT2D eigenvalue weighted by Crippen LogP contribution is -2.45. The van der Waals surface area contributed by atoms with Crippen LogP contribution in [0.2, 0.25) is 0 Å². The van der Waals surface area contributed by atoms with E-state index in [0.717, 1.165) is 0 Å². The molecule has 3 N–H and O–H groups in total. The van der Waals surface area contributed by atoms with Crippen LogP contribution in [0.3, 0.4) is 0 Å². The minimum Gasteiger partial charge on any atom is -0.476 e. The Kier molecular flexibility index (Phi) is 3.09. The largest absolute Gasteiger partial charge is 0.476 e. The third-order valence-corrected chi connectivity index (χ3v) is 2.83. The van der Waals surface area contributed by atoms with Gasteiger partial charge in [-0.1, -0.05) is 0 Å². The molecule has 0 spiro atoms. The van der Waals surface area contributed by atoms with Crippen LogP contribution in [-0.4, -0.2) is 23.8 Å². The number of ether oxygens (including phenoxy) is 1. The van der Waals surface area contributed by atoms with Crippen LogP contribution in [0, 0.1) is 0 Å². The molecular weight excluding hydrogens is 232 g/mol. The second-order valence-electron chi connectivity index (χ2n) is 4.74. The summed E-state index contributed by atoms with van der Waals surface area (Å²) < 4.78 is 5.58.